The number of aromatic nitrogens is 3. The van der Waals surface area contributed by atoms with E-state index in [2.05, 4.69) is 25.7 Å². The second-order valence-corrected chi connectivity index (χ2v) is 12.1. The van der Waals surface area contributed by atoms with Gasteiger partial charge in [0.1, 0.15) is 39.3 Å². The number of fused-ring (bicyclic) bond motifs is 1. The average molecular weight is 618 g/mol. The Morgan fingerprint density at radius 2 is 2.18 bits per heavy atom. The monoisotopic (exact) mass is 617 g/mol. The van der Waals surface area contributed by atoms with E-state index in [4.69, 9.17) is 27.3 Å². The van der Waals surface area contributed by atoms with Crippen molar-refractivity contribution in [1.29, 1.82) is 0 Å². The van der Waals surface area contributed by atoms with Crippen molar-refractivity contribution in [2.75, 3.05) is 23.8 Å². The molecular weight excluding hydrogens is 602 g/mol. The van der Waals surface area contributed by atoms with E-state index >= 15 is 0 Å². The van der Waals surface area contributed by atoms with Crippen molar-refractivity contribution in [3.05, 3.63) is 39.0 Å². The van der Waals surface area contributed by atoms with E-state index in [0.717, 1.165) is 28.4 Å². The number of thioether (sulfide) groups is 2. The van der Waals surface area contributed by atoms with E-state index in [0.29, 0.717) is 21.4 Å². The molecule has 2 aliphatic heterocycles. The molecular formula is C19H16ClN7O7S4. The summed E-state index contributed by atoms with van der Waals surface area (Å²) in [5.74, 6) is -3.29. The number of thiazole rings is 1. The number of carbonyl (C=O) groups excluding carboxylic acids is 2. The third kappa shape index (κ3) is 6.09. The zero-order valence-electron chi connectivity index (χ0n) is 18.8. The summed E-state index contributed by atoms with van der Waals surface area (Å²) in [5.41, 5.74) is 7.19. The normalized spacial score (nSPS) is 19.3. The maximum atomic E-state index is 13.1. The number of β-lactam (4-membered cyclic amide) rings is 1. The SMILES string of the molecule is Nc1nc(C(=NOCC=CC(=O)O)C(=O)NC2C(=O)N3C(C(=O)O)=C(CSc4nncs4)CS[C@@H]23)c(Cl)s1. The van der Waals surface area contributed by atoms with Gasteiger partial charge in [-0.2, -0.15) is 0 Å². The molecule has 0 bridgehead atoms. The first-order valence-electron chi connectivity index (χ1n) is 10.3. The first kappa shape index (κ1) is 27.8. The number of nitrogen functional groups attached to an aromatic ring is 1. The van der Waals surface area contributed by atoms with Gasteiger partial charge in [-0.3, -0.25) is 14.5 Å². The van der Waals surface area contributed by atoms with Crippen LogP contribution in [0, 0.1) is 0 Å². The van der Waals surface area contributed by atoms with Crippen molar-refractivity contribution in [1.82, 2.24) is 25.4 Å². The first-order valence-corrected chi connectivity index (χ1v) is 14.4. The quantitative estimate of drug-likeness (QED) is 0.0696. The standard InChI is InChI=1S/C19H16ClN7O7S4/c20-13-9(24-18(21)38-13)10(26-34-3-1-2-8(28)29)14(30)23-11-15(31)27-12(17(32)33)7(4-35-16(11)27)5-36-19-25-22-6-37-19/h1-2,6,11,16H,3-5H2,(H2,21,24)(H,23,30)(H,28,29)(H,32,33)/t11?,16-/m0/s1. The smallest absolute Gasteiger partial charge is 0.352 e. The summed E-state index contributed by atoms with van der Waals surface area (Å²) in [4.78, 5) is 58.9. The molecule has 1 fully saturated rings. The molecule has 2 aliphatic rings. The Kier molecular flexibility index (Phi) is 8.87. The predicted octanol–water partition coefficient (Wildman–Crippen LogP) is 1.12. The minimum atomic E-state index is -1.25. The van der Waals surface area contributed by atoms with Gasteiger partial charge in [0, 0.05) is 17.6 Å². The fraction of sp³-hybridized carbons (Fsp3) is 0.263. The molecule has 5 N–H and O–H groups in total. The number of hydrogen-bond acceptors (Lipinski definition) is 14. The molecule has 14 nitrogen and oxygen atoms in total. The molecule has 4 rings (SSSR count). The van der Waals surface area contributed by atoms with Gasteiger partial charge >= 0.3 is 11.9 Å². The number of halogens is 1. The number of aliphatic carboxylic acids is 2. The van der Waals surface area contributed by atoms with E-state index in [9.17, 15) is 24.3 Å². The van der Waals surface area contributed by atoms with Crippen LogP contribution in [0.4, 0.5) is 5.13 Å². The number of nitrogens with two attached hydrogens (primary N) is 1. The minimum Gasteiger partial charge on any atom is -0.478 e. The molecule has 0 aromatic carbocycles. The molecule has 2 aromatic rings. The van der Waals surface area contributed by atoms with Crippen molar-refractivity contribution in [2.24, 2.45) is 5.16 Å². The van der Waals surface area contributed by atoms with Crippen LogP contribution in [0.25, 0.3) is 0 Å². The molecule has 0 saturated carbocycles. The summed E-state index contributed by atoms with van der Waals surface area (Å²) in [7, 11) is 0. The molecule has 1 saturated heterocycles. The van der Waals surface area contributed by atoms with Crippen LogP contribution >= 0.6 is 57.8 Å². The summed E-state index contributed by atoms with van der Waals surface area (Å²) in [6, 6.07) is -1.05. The van der Waals surface area contributed by atoms with Crippen molar-refractivity contribution >= 4 is 92.4 Å². The van der Waals surface area contributed by atoms with E-state index in [1.54, 1.807) is 5.51 Å². The van der Waals surface area contributed by atoms with Crippen molar-refractivity contribution in [3.8, 4) is 0 Å². The second kappa shape index (κ2) is 12.1. The van der Waals surface area contributed by atoms with Crippen molar-refractivity contribution in [2.45, 2.75) is 15.8 Å². The molecule has 200 valence electrons. The van der Waals surface area contributed by atoms with Gasteiger partial charge in [-0.05, 0) is 11.6 Å². The highest BCUT2D eigenvalue weighted by Crippen LogP contribution is 2.41. The first-order chi connectivity index (χ1) is 18.2. The molecule has 2 aromatic heterocycles. The molecule has 0 spiro atoms. The third-order valence-electron chi connectivity index (χ3n) is 4.88. The maximum Gasteiger partial charge on any atom is 0.352 e. The molecule has 1 unspecified atom stereocenters. The average Bonchev–Trinajstić information content (AvgIpc) is 3.51. The fourth-order valence-electron chi connectivity index (χ4n) is 3.33. The van der Waals surface area contributed by atoms with Crippen LogP contribution in [0.15, 0.2) is 38.4 Å². The van der Waals surface area contributed by atoms with Gasteiger partial charge in [0.05, 0.1) is 0 Å². The van der Waals surface area contributed by atoms with Gasteiger partial charge in [-0.25, -0.2) is 14.6 Å². The van der Waals surface area contributed by atoms with E-state index < -0.39 is 35.2 Å². The lowest BCUT2D eigenvalue weighted by molar-refractivity contribution is -0.150. The lowest BCUT2D eigenvalue weighted by atomic mass is 10.0. The molecule has 38 heavy (non-hydrogen) atoms. The van der Waals surface area contributed by atoms with Gasteiger partial charge in [0.2, 0.25) is 0 Å². The van der Waals surface area contributed by atoms with Crippen LogP contribution in [-0.4, -0.2) is 89.3 Å². The Labute approximate surface area is 235 Å². The summed E-state index contributed by atoms with van der Waals surface area (Å²) >= 11 is 11.0. The lowest BCUT2D eigenvalue weighted by Crippen LogP contribution is -2.71. The summed E-state index contributed by atoms with van der Waals surface area (Å²) in [5, 5.41) is 31.8. The Morgan fingerprint density at radius 3 is 2.82 bits per heavy atom. The number of anilines is 1. The number of rotatable bonds is 11. The van der Waals surface area contributed by atoms with Gasteiger partial charge in [-0.1, -0.05) is 51.2 Å². The highest BCUT2D eigenvalue weighted by Gasteiger charge is 2.54. The number of carboxylic acid groups (broad SMARTS) is 2. The number of nitrogens with one attached hydrogen (secondary N) is 1. The third-order valence-corrected chi connectivity index (χ3v) is 9.24. The number of carbonyl (C=O) groups is 4. The Morgan fingerprint density at radius 1 is 1.39 bits per heavy atom. The fourth-order valence-corrected chi connectivity index (χ4v) is 7.23. The number of amides is 2. The van der Waals surface area contributed by atoms with Gasteiger partial charge in [0.15, 0.2) is 15.2 Å². The van der Waals surface area contributed by atoms with Crippen LogP contribution in [0.5, 0.6) is 0 Å². The highest BCUT2D eigenvalue weighted by molar-refractivity contribution is 8.01. The molecule has 0 aliphatic carbocycles. The van der Waals surface area contributed by atoms with Crippen molar-refractivity contribution in [3.63, 3.8) is 0 Å². The Bertz CT molecular complexity index is 1360. The van der Waals surface area contributed by atoms with Crippen LogP contribution in [0.1, 0.15) is 5.69 Å². The zero-order valence-corrected chi connectivity index (χ0v) is 22.8. The number of hydrogen-bond donors (Lipinski definition) is 4. The summed E-state index contributed by atoms with van der Waals surface area (Å²) in [6.07, 6.45) is 1.99. The number of nitrogens with zero attached hydrogens (tertiary/aromatic N) is 5. The number of oxime groups is 1. The number of carboxylic acids is 2. The Balaban J connectivity index is 1.50. The predicted molar refractivity (Wildman–Crippen MR) is 141 cm³/mol. The highest BCUT2D eigenvalue weighted by atomic mass is 35.5. The van der Waals surface area contributed by atoms with Crippen LogP contribution in [-0.2, 0) is 24.0 Å². The summed E-state index contributed by atoms with van der Waals surface area (Å²) in [6.45, 7) is -0.278. The van der Waals surface area contributed by atoms with Gasteiger partial charge in [0.25, 0.3) is 11.8 Å². The van der Waals surface area contributed by atoms with E-state index in [1.165, 1.54) is 34.9 Å². The topological polar surface area (TPSA) is 210 Å². The van der Waals surface area contributed by atoms with Gasteiger partial charge < -0.3 is 26.1 Å². The van der Waals surface area contributed by atoms with Crippen LogP contribution < -0.4 is 11.1 Å². The largest absolute Gasteiger partial charge is 0.478 e. The lowest BCUT2D eigenvalue weighted by Gasteiger charge is -2.49. The van der Waals surface area contributed by atoms with Gasteiger partial charge in [-0.15, -0.1) is 22.0 Å². The Hall–Kier alpha value is -3.19. The molecule has 4 heterocycles. The zero-order chi connectivity index (χ0) is 27.4. The van der Waals surface area contributed by atoms with E-state index in [1.807, 2.05) is 0 Å². The minimum absolute atomic E-state index is 0.0448. The molecule has 0 radical (unpaired) electrons. The second-order valence-electron chi connectivity index (χ2n) is 7.26. The maximum absolute atomic E-state index is 13.1. The van der Waals surface area contributed by atoms with Crippen LogP contribution in [0.2, 0.25) is 4.34 Å². The molecule has 19 heteroatoms. The van der Waals surface area contributed by atoms with Crippen molar-refractivity contribution < 1.29 is 34.2 Å². The summed E-state index contributed by atoms with van der Waals surface area (Å²) < 4.78 is 0.714. The van der Waals surface area contributed by atoms with E-state index in [-0.39, 0.29) is 33.2 Å². The van der Waals surface area contributed by atoms with Crippen LogP contribution in [0.3, 0.4) is 0 Å². The molecule has 2 atom stereocenters. The molecule has 2 amide bonds.